The molecule has 4 heteroatoms. The Balaban J connectivity index is 2.45. The Bertz CT molecular complexity index is 490. The van der Waals surface area contributed by atoms with Gasteiger partial charge in [0.1, 0.15) is 5.65 Å². The van der Waals surface area contributed by atoms with E-state index in [2.05, 4.69) is 18.8 Å². The van der Waals surface area contributed by atoms with E-state index in [0.29, 0.717) is 23.4 Å². The number of imidazole rings is 1. The Labute approximate surface area is 100 Å². The molecule has 0 aliphatic heterocycles. The standard InChI is InChI=1S/C12H16ClN3/c1-8(2)10(5-14)11-7-16-6-9(13)3-4-12(16)15-11/h3-4,6-8,10H,5,14H2,1-2H3. The second kappa shape index (κ2) is 4.44. The second-order valence-corrected chi connectivity index (χ2v) is 4.80. The zero-order valence-corrected chi connectivity index (χ0v) is 10.3. The molecule has 0 saturated carbocycles. The molecule has 1 unspecified atom stereocenters. The topological polar surface area (TPSA) is 43.3 Å². The lowest BCUT2D eigenvalue weighted by Gasteiger charge is -2.15. The highest BCUT2D eigenvalue weighted by molar-refractivity contribution is 6.30. The summed E-state index contributed by atoms with van der Waals surface area (Å²) >= 11 is 5.93. The maximum Gasteiger partial charge on any atom is 0.137 e. The summed E-state index contributed by atoms with van der Waals surface area (Å²) in [6.45, 7) is 4.94. The first-order valence-electron chi connectivity index (χ1n) is 5.46. The van der Waals surface area contributed by atoms with Crippen LogP contribution in [0.3, 0.4) is 0 Å². The molecule has 0 fully saturated rings. The average Bonchev–Trinajstić information content (AvgIpc) is 2.60. The fourth-order valence-electron chi connectivity index (χ4n) is 1.90. The number of fused-ring (bicyclic) bond motifs is 1. The lowest BCUT2D eigenvalue weighted by molar-refractivity contribution is 0.497. The number of halogens is 1. The van der Waals surface area contributed by atoms with Crippen molar-refractivity contribution in [3.8, 4) is 0 Å². The van der Waals surface area contributed by atoms with Gasteiger partial charge in [-0.25, -0.2) is 4.98 Å². The molecule has 2 rings (SSSR count). The molecule has 0 saturated heterocycles. The molecule has 0 bridgehead atoms. The van der Waals surface area contributed by atoms with E-state index in [9.17, 15) is 0 Å². The van der Waals surface area contributed by atoms with Gasteiger partial charge in [0, 0.05) is 24.9 Å². The van der Waals surface area contributed by atoms with Crippen molar-refractivity contribution < 1.29 is 0 Å². The van der Waals surface area contributed by atoms with Gasteiger partial charge in [-0.2, -0.15) is 0 Å². The van der Waals surface area contributed by atoms with Crippen LogP contribution in [-0.2, 0) is 0 Å². The van der Waals surface area contributed by atoms with Crippen LogP contribution in [0.1, 0.15) is 25.5 Å². The highest BCUT2D eigenvalue weighted by atomic mass is 35.5. The molecule has 0 amide bonds. The SMILES string of the molecule is CC(C)C(CN)c1cn2cc(Cl)ccc2n1. The zero-order chi connectivity index (χ0) is 11.7. The minimum atomic E-state index is 0.304. The zero-order valence-electron chi connectivity index (χ0n) is 9.52. The van der Waals surface area contributed by atoms with Crippen LogP contribution in [0.4, 0.5) is 0 Å². The summed E-state index contributed by atoms with van der Waals surface area (Å²) in [7, 11) is 0. The molecule has 0 aliphatic rings. The van der Waals surface area contributed by atoms with Crippen molar-refractivity contribution in [2.24, 2.45) is 11.7 Å². The molecule has 2 aromatic rings. The molecule has 2 aromatic heterocycles. The van der Waals surface area contributed by atoms with Crippen LogP contribution in [0.2, 0.25) is 5.02 Å². The Morgan fingerprint density at radius 1 is 1.38 bits per heavy atom. The molecule has 0 radical (unpaired) electrons. The van der Waals surface area contributed by atoms with Gasteiger partial charge >= 0.3 is 0 Å². The molecule has 1 atom stereocenters. The van der Waals surface area contributed by atoms with Gasteiger partial charge in [-0.05, 0) is 18.1 Å². The van der Waals surface area contributed by atoms with Crippen LogP contribution in [0.5, 0.6) is 0 Å². The summed E-state index contributed by atoms with van der Waals surface area (Å²) in [5, 5.41) is 0.713. The maximum absolute atomic E-state index is 5.93. The summed E-state index contributed by atoms with van der Waals surface area (Å²) in [4.78, 5) is 4.57. The van der Waals surface area contributed by atoms with Gasteiger partial charge < -0.3 is 10.1 Å². The fourth-order valence-corrected chi connectivity index (χ4v) is 2.07. The molecule has 2 heterocycles. The first-order chi connectivity index (χ1) is 7.61. The van der Waals surface area contributed by atoms with E-state index in [1.807, 2.05) is 28.9 Å². The van der Waals surface area contributed by atoms with E-state index in [-0.39, 0.29) is 0 Å². The van der Waals surface area contributed by atoms with Gasteiger partial charge in [-0.1, -0.05) is 25.4 Å². The third kappa shape index (κ3) is 2.06. The van der Waals surface area contributed by atoms with Crippen LogP contribution in [0, 0.1) is 5.92 Å². The minimum absolute atomic E-state index is 0.304. The second-order valence-electron chi connectivity index (χ2n) is 4.36. The third-order valence-electron chi connectivity index (χ3n) is 2.87. The number of nitrogens with two attached hydrogens (primary N) is 1. The molecular weight excluding hydrogens is 222 g/mol. The van der Waals surface area contributed by atoms with Crippen LogP contribution < -0.4 is 5.73 Å². The molecule has 16 heavy (non-hydrogen) atoms. The van der Waals surface area contributed by atoms with Crippen molar-refractivity contribution >= 4 is 17.2 Å². The summed E-state index contributed by atoms with van der Waals surface area (Å²) < 4.78 is 1.95. The molecule has 3 nitrogen and oxygen atoms in total. The van der Waals surface area contributed by atoms with E-state index < -0.39 is 0 Å². The van der Waals surface area contributed by atoms with Crippen molar-refractivity contribution in [2.45, 2.75) is 19.8 Å². The minimum Gasteiger partial charge on any atom is -0.330 e. The lowest BCUT2D eigenvalue weighted by atomic mass is 9.93. The van der Waals surface area contributed by atoms with Crippen LogP contribution in [0.25, 0.3) is 5.65 Å². The predicted molar refractivity (Wildman–Crippen MR) is 66.8 cm³/mol. The van der Waals surface area contributed by atoms with Crippen molar-refractivity contribution in [1.29, 1.82) is 0 Å². The number of hydrogen-bond donors (Lipinski definition) is 1. The smallest absolute Gasteiger partial charge is 0.137 e. The normalized spacial score (nSPS) is 13.6. The van der Waals surface area contributed by atoms with Crippen molar-refractivity contribution in [2.75, 3.05) is 6.54 Å². The predicted octanol–water partition coefficient (Wildman–Crippen LogP) is 2.69. The first-order valence-corrected chi connectivity index (χ1v) is 5.84. The number of nitrogens with zero attached hydrogens (tertiary/aromatic N) is 2. The van der Waals surface area contributed by atoms with Gasteiger partial charge in [0.05, 0.1) is 10.7 Å². The number of pyridine rings is 1. The van der Waals surface area contributed by atoms with Gasteiger partial charge in [-0.15, -0.1) is 0 Å². The fraction of sp³-hybridized carbons (Fsp3) is 0.417. The van der Waals surface area contributed by atoms with E-state index in [1.165, 1.54) is 0 Å². The van der Waals surface area contributed by atoms with Crippen LogP contribution in [-0.4, -0.2) is 15.9 Å². The van der Waals surface area contributed by atoms with E-state index in [4.69, 9.17) is 17.3 Å². The third-order valence-corrected chi connectivity index (χ3v) is 3.10. The van der Waals surface area contributed by atoms with E-state index >= 15 is 0 Å². The molecule has 0 aliphatic carbocycles. The monoisotopic (exact) mass is 237 g/mol. The van der Waals surface area contributed by atoms with Crippen molar-refractivity contribution in [3.05, 3.63) is 35.2 Å². The average molecular weight is 238 g/mol. The number of aromatic nitrogens is 2. The molecule has 86 valence electrons. The Hall–Kier alpha value is -1.06. The Morgan fingerprint density at radius 2 is 2.12 bits per heavy atom. The maximum atomic E-state index is 5.93. The van der Waals surface area contributed by atoms with Gasteiger partial charge in [0.15, 0.2) is 0 Å². The quantitative estimate of drug-likeness (QED) is 0.892. The number of hydrogen-bond acceptors (Lipinski definition) is 2. The van der Waals surface area contributed by atoms with Crippen molar-refractivity contribution in [3.63, 3.8) is 0 Å². The summed E-state index contributed by atoms with van der Waals surface area (Å²) in [5.41, 5.74) is 7.74. The van der Waals surface area contributed by atoms with Gasteiger partial charge in [0.2, 0.25) is 0 Å². The molecular formula is C12H16ClN3. The Morgan fingerprint density at radius 3 is 2.75 bits per heavy atom. The molecule has 0 spiro atoms. The van der Waals surface area contributed by atoms with Gasteiger partial charge in [-0.3, -0.25) is 0 Å². The van der Waals surface area contributed by atoms with Gasteiger partial charge in [0.25, 0.3) is 0 Å². The molecule has 0 aromatic carbocycles. The Kier molecular flexibility index (Phi) is 3.17. The van der Waals surface area contributed by atoms with E-state index in [0.717, 1.165) is 11.3 Å². The highest BCUT2D eigenvalue weighted by Crippen LogP contribution is 2.23. The van der Waals surface area contributed by atoms with Crippen molar-refractivity contribution in [1.82, 2.24) is 9.38 Å². The largest absolute Gasteiger partial charge is 0.330 e. The number of rotatable bonds is 3. The van der Waals surface area contributed by atoms with Crippen LogP contribution in [0.15, 0.2) is 24.5 Å². The summed E-state index contributed by atoms with van der Waals surface area (Å²) in [5.74, 6) is 0.795. The first kappa shape index (κ1) is 11.4. The summed E-state index contributed by atoms with van der Waals surface area (Å²) in [6, 6.07) is 3.76. The summed E-state index contributed by atoms with van der Waals surface area (Å²) in [6.07, 6.45) is 3.88. The highest BCUT2D eigenvalue weighted by Gasteiger charge is 2.17. The molecule has 2 N–H and O–H groups in total. The van der Waals surface area contributed by atoms with Crippen LogP contribution >= 0.6 is 11.6 Å². The lowest BCUT2D eigenvalue weighted by Crippen LogP contribution is -2.18. The van der Waals surface area contributed by atoms with E-state index in [1.54, 1.807) is 0 Å².